The Hall–Kier alpha value is -1.39. The molecule has 0 radical (unpaired) electrons. The highest BCUT2D eigenvalue weighted by Crippen LogP contribution is 2.30. The molecule has 96 valence electrons. The molecule has 0 bridgehead atoms. The number of halogens is 2. The van der Waals surface area contributed by atoms with Crippen molar-refractivity contribution in [2.24, 2.45) is 0 Å². The van der Waals surface area contributed by atoms with Gasteiger partial charge in [0.15, 0.2) is 0 Å². The summed E-state index contributed by atoms with van der Waals surface area (Å²) in [5.74, 6) is -0.321. The fourth-order valence-electron chi connectivity index (χ4n) is 1.99. The number of hydrogen-bond donors (Lipinski definition) is 1. The topological polar surface area (TPSA) is 38.0 Å². The number of benzene rings is 1. The van der Waals surface area contributed by atoms with E-state index in [9.17, 15) is 9.50 Å². The first-order chi connectivity index (χ1) is 8.54. The molecule has 0 spiro atoms. The van der Waals surface area contributed by atoms with E-state index in [2.05, 4.69) is 5.10 Å². The van der Waals surface area contributed by atoms with Crippen molar-refractivity contribution in [3.63, 3.8) is 0 Å². The van der Waals surface area contributed by atoms with Crippen molar-refractivity contribution in [3.8, 4) is 0 Å². The Morgan fingerprint density at radius 1 is 1.50 bits per heavy atom. The summed E-state index contributed by atoms with van der Waals surface area (Å²) in [6.07, 6.45) is 0.600. The van der Waals surface area contributed by atoms with E-state index in [1.54, 1.807) is 17.7 Å². The van der Waals surface area contributed by atoms with Crippen molar-refractivity contribution >= 4 is 11.6 Å². The molecule has 1 N–H and O–H groups in total. The van der Waals surface area contributed by atoms with Crippen LogP contribution in [0.1, 0.15) is 29.8 Å². The van der Waals surface area contributed by atoms with Gasteiger partial charge >= 0.3 is 0 Å². The molecule has 0 fully saturated rings. The molecule has 0 aliphatic rings. The largest absolute Gasteiger partial charge is 0.382 e. The molecule has 1 aromatic heterocycles. The van der Waals surface area contributed by atoms with E-state index in [4.69, 9.17) is 11.6 Å². The lowest BCUT2D eigenvalue weighted by Crippen LogP contribution is -2.10. The predicted octanol–water partition coefficient (Wildman–Crippen LogP) is 3.09. The molecule has 2 rings (SSSR count). The third kappa shape index (κ3) is 2.26. The molecule has 1 atom stereocenters. The number of aryl methyl sites for hydroxylation is 2. The Morgan fingerprint density at radius 3 is 2.83 bits per heavy atom. The molecule has 18 heavy (non-hydrogen) atoms. The molecule has 3 nitrogen and oxygen atoms in total. The second-order valence-corrected chi connectivity index (χ2v) is 4.50. The molecule has 0 saturated heterocycles. The molecule has 5 heteroatoms. The second kappa shape index (κ2) is 5.08. The van der Waals surface area contributed by atoms with E-state index >= 15 is 0 Å². The summed E-state index contributed by atoms with van der Waals surface area (Å²) in [6.45, 7) is 4.28. The zero-order chi connectivity index (χ0) is 13.3. The standard InChI is InChI=1S/C13H14ClFN2O/c1-3-17-12(11(14)7-16-17)13(18)10-5-4-9(15)6-8(10)2/h4-7,13,18H,3H2,1-2H3. The number of aliphatic hydroxyl groups excluding tert-OH is 1. The fraction of sp³-hybridized carbons (Fsp3) is 0.308. The Balaban J connectivity index is 2.47. The molecular formula is C13H14ClFN2O. The van der Waals surface area contributed by atoms with Crippen LogP contribution in [0.2, 0.25) is 5.02 Å². The van der Waals surface area contributed by atoms with Crippen molar-refractivity contribution in [1.29, 1.82) is 0 Å². The molecule has 1 aromatic carbocycles. The van der Waals surface area contributed by atoms with Gasteiger partial charge in [-0.2, -0.15) is 5.10 Å². The molecular weight excluding hydrogens is 255 g/mol. The van der Waals surface area contributed by atoms with Crippen molar-refractivity contribution in [1.82, 2.24) is 9.78 Å². The van der Waals surface area contributed by atoms with Crippen LogP contribution in [0.5, 0.6) is 0 Å². The minimum absolute atomic E-state index is 0.321. The lowest BCUT2D eigenvalue weighted by molar-refractivity contribution is 0.207. The maximum atomic E-state index is 13.1. The Labute approximate surface area is 110 Å². The highest BCUT2D eigenvalue weighted by atomic mass is 35.5. The van der Waals surface area contributed by atoms with Crippen LogP contribution in [0.4, 0.5) is 4.39 Å². The molecule has 0 aliphatic heterocycles. The predicted molar refractivity (Wildman–Crippen MR) is 68.1 cm³/mol. The van der Waals surface area contributed by atoms with Crippen LogP contribution in [0, 0.1) is 12.7 Å². The molecule has 0 amide bonds. The maximum absolute atomic E-state index is 13.1. The summed E-state index contributed by atoms with van der Waals surface area (Å²) < 4.78 is 14.7. The molecule has 2 aromatic rings. The van der Waals surface area contributed by atoms with Crippen molar-refractivity contribution < 1.29 is 9.50 Å². The maximum Gasteiger partial charge on any atom is 0.123 e. The summed E-state index contributed by atoms with van der Waals surface area (Å²) in [6, 6.07) is 4.28. The van der Waals surface area contributed by atoms with Crippen LogP contribution in [0.3, 0.4) is 0 Å². The highest BCUT2D eigenvalue weighted by molar-refractivity contribution is 6.31. The van der Waals surface area contributed by atoms with Crippen LogP contribution >= 0.6 is 11.6 Å². The number of hydrogen-bond acceptors (Lipinski definition) is 2. The van der Waals surface area contributed by atoms with Gasteiger partial charge in [-0.15, -0.1) is 0 Å². The van der Waals surface area contributed by atoms with Gasteiger partial charge in [0.2, 0.25) is 0 Å². The van der Waals surface area contributed by atoms with E-state index in [-0.39, 0.29) is 5.82 Å². The lowest BCUT2D eigenvalue weighted by Gasteiger charge is -2.15. The van der Waals surface area contributed by atoms with E-state index in [0.717, 1.165) is 0 Å². The fourth-order valence-corrected chi connectivity index (χ4v) is 2.23. The molecule has 0 saturated carbocycles. The first-order valence-corrected chi connectivity index (χ1v) is 6.07. The van der Waals surface area contributed by atoms with Crippen LogP contribution in [-0.2, 0) is 6.54 Å². The van der Waals surface area contributed by atoms with Crippen molar-refractivity contribution in [3.05, 3.63) is 52.1 Å². The van der Waals surface area contributed by atoms with Gasteiger partial charge in [-0.25, -0.2) is 4.39 Å². The highest BCUT2D eigenvalue weighted by Gasteiger charge is 2.20. The summed E-state index contributed by atoms with van der Waals surface area (Å²) in [5, 5.41) is 14.9. The average molecular weight is 269 g/mol. The van der Waals surface area contributed by atoms with Gasteiger partial charge in [-0.3, -0.25) is 4.68 Å². The van der Waals surface area contributed by atoms with Crippen LogP contribution in [0.15, 0.2) is 24.4 Å². The van der Waals surface area contributed by atoms with Gasteiger partial charge in [-0.05, 0) is 37.1 Å². The van der Waals surface area contributed by atoms with Gasteiger partial charge in [0.05, 0.1) is 16.9 Å². The minimum atomic E-state index is -0.902. The number of aromatic nitrogens is 2. The summed E-state index contributed by atoms with van der Waals surface area (Å²) >= 11 is 6.03. The van der Waals surface area contributed by atoms with E-state index in [0.29, 0.717) is 28.4 Å². The first-order valence-electron chi connectivity index (χ1n) is 5.70. The Bertz CT molecular complexity index is 568. The van der Waals surface area contributed by atoms with Gasteiger partial charge < -0.3 is 5.11 Å². The third-order valence-corrected chi connectivity index (χ3v) is 3.21. The van der Waals surface area contributed by atoms with Crippen molar-refractivity contribution in [2.45, 2.75) is 26.5 Å². The monoisotopic (exact) mass is 268 g/mol. The van der Waals surface area contributed by atoms with E-state index in [1.807, 2.05) is 6.92 Å². The minimum Gasteiger partial charge on any atom is -0.382 e. The van der Waals surface area contributed by atoms with Crippen molar-refractivity contribution in [2.75, 3.05) is 0 Å². The number of aliphatic hydroxyl groups is 1. The SMILES string of the molecule is CCn1ncc(Cl)c1C(O)c1ccc(F)cc1C. The van der Waals surface area contributed by atoms with Gasteiger partial charge in [-0.1, -0.05) is 17.7 Å². The van der Waals surface area contributed by atoms with Crippen LogP contribution in [0.25, 0.3) is 0 Å². The van der Waals surface area contributed by atoms with Crippen LogP contribution < -0.4 is 0 Å². The average Bonchev–Trinajstić information content (AvgIpc) is 2.69. The summed E-state index contributed by atoms with van der Waals surface area (Å²) in [4.78, 5) is 0. The third-order valence-electron chi connectivity index (χ3n) is 2.92. The number of nitrogens with zero attached hydrogens (tertiary/aromatic N) is 2. The van der Waals surface area contributed by atoms with E-state index < -0.39 is 6.10 Å². The molecule has 1 heterocycles. The number of rotatable bonds is 3. The van der Waals surface area contributed by atoms with Crippen LogP contribution in [-0.4, -0.2) is 14.9 Å². The van der Waals surface area contributed by atoms with Gasteiger partial charge in [0.25, 0.3) is 0 Å². The normalized spacial score (nSPS) is 12.7. The lowest BCUT2D eigenvalue weighted by atomic mass is 10.0. The smallest absolute Gasteiger partial charge is 0.123 e. The van der Waals surface area contributed by atoms with E-state index in [1.165, 1.54) is 18.3 Å². The second-order valence-electron chi connectivity index (χ2n) is 4.10. The van der Waals surface area contributed by atoms with Gasteiger partial charge in [0.1, 0.15) is 11.9 Å². The van der Waals surface area contributed by atoms with Gasteiger partial charge in [0, 0.05) is 6.54 Å². The quantitative estimate of drug-likeness (QED) is 0.929. The molecule has 0 aliphatic carbocycles. The Kier molecular flexibility index (Phi) is 3.68. The Morgan fingerprint density at radius 2 is 2.22 bits per heavy atom. The summed E-state index contributed by atoms with van der Waals surface area (Å²) in [7, 11) is 0. The zero-order valence-corrected chi connectivity index (χ0v) is 10.9. The molecule has 1 unspecified atom stereocenters. The zero-order valence-electron chi connectivity index (χ0n) is 10.2. The first kappa shape index (κ1) is 13.1. The summed E-state index contributed by atoms with van der Waals surface area (Å²) in [5.41, 5.74) is 1.85.